The molecule has 0 atom stereocenters. The zero-order chi connectivity index (χ0) is 13.6. The van der Waals surface area contributed by atoms with Crippen molar-refractivity contribution < 1.29 is 9.53 Å². The van der Waals surface area contributed by atoms with Gasteiger partial charge in [-0.2, -0.15) is 0 Å². The van der Waals surface area contributed by atoms with E-state index < -0.39 is 0 Å². The number of carbonyl (C=O) groups excluding carboxylic acids is 1. The van der Waals surface area contributed by atoms with Crippen molar-refractivity contribution in [1.82, 2.24) is 5.43 Å². The quantitative estimate of drug-likeness (QED) is 0.622. The average Bonchev–Trinajstić information content (AvgIpc) is 2.29. The number of benzene rings is 1. The minimum Gasteiger partial charge on any atom is -0.465 e. The maximum absolute atomic E-state index is 11.1. The lowest BCUT2D eigenvalue weighted by molar-refractivity contribution is -0.141. The highest BCUT2D eigenvalue weighted by atomic mass is 16.5. The van der Waals surface area contributed by atoms with E-state index >= 15 is 0 Å². The van der Waals surface area contributed by atoms with E-state index in [1.807, 2.05) is 12.1 Å². The molecule has 0 bridgehead atoms. The minimum atomic E-state index is -0.267. The number of hydrazine groups is 1. The van der Waals surface area contributed by atoms with E-state index in [0.29, 0.717) is 6.61 Å². The second-order valence-corrected chi connectivity index (χ2v) is 5.11. The predicted molar refractivity (Wildman–Crippen MR) is 73.4 cm³/mol. The predicted octanol–water partition coefficient (Wildman–Crippen LogP) is 2.46. The summed E-state index contributed by atoms with van der Waals surface area (Å²) in [7, 11) is 0. The summed E-state index contributed by atoms with van der Waals surface area (Å²) in [6, 6.07) is 8.13. The van der Waals surface area contributed by atoms with Crippen molar-refractivity contribution in [3.8, 4) is 0 Å². The Labute approximate surface area is 109 Å². The Morgan fingerprint density at radius 2 is 1.83 bits per heavy atom. The summed E-state index contributed by atoms with van der Waals surface area (Å²) < 4.78 is 4.80. The van der Waals surface area contributed by atoms with Gasteiger partial charge in [-0.1, -0.05) is 32.9 Å². The molecule has 0 aromatic heterocycles. The third-order valence-corrected chi connectivity index (χ3v) is 2.52. The van der Waals surface area contributed by atoms with Crippen LogP contribution in [-0.2, 0) is 14.9 Å². The zero-order valence-electron chi connectivity index (χ0n) is 11.5. The van der Waals surface area contributed by atoms with E-state index in [2.05, 4.69) is 43.8 Å². The molecule has 4 nitrogen and oxygen atoms in total. The number of anilines is 1. The molecule has 0 amide bonds. The van der Waals surface area contributed by atoms with Crippen molar-refractivity contribution in [2.75, 3.05) is 18.6 Å². The van der Waals surface area contributed by atoms with E-state index in [4.69, 9.17) is 4.74 Å². The van der Waals surface area contributed by atoms with Gasteiger partial charge in [-0.3, -0.25) is 4.79 Å². The molecular weight excluding hydrogens is 228 g/mol. The van der Waals surface area contributed by atoms with Crippen molar-refractivity contribution in [3.63, 3.8) is 0 Å². The smallest absolute Gasteiger partial charge is 0.321 e. The van der Waals surface area contributed by atoms with Crippen LogP contribution >= 0.6 is 0 Å². The second-order valence-electron chi connectivity index (χ2n) is 5.11. The molecule has 0 heterocycles. The number of esters is 1. The molecule has 0 spiro atoms. The van der Waals surface area contributed by atoms with Crippen LogP contribution < -0.4 is 10.9 Å². The summed E-state index contributed by atoms with van der Waals surface area (Å²) in [5.74, 6) is -0.267. The summed E-state index contributed by atoms with van der Waals surface area (Å²) in [6.07, 6.45) is 0. The summed E-state index contributed by atoms with van der Waals surface area (Å²) >= 11 is 0. The van der Waals surface area contributed by atoms with Crippen LogP contribution in [0.1, 0.15) is 33.3 Å². The Kier molecular flexibility index (Phi) is 5.16. The first kappa shape index (κ1) is 14.5. The van der Waals surface area contributed by atoms with Crippen LogP contribution in [0.4, 0.5) is 5.69 Å². The van der Waals surface area contributed by atoms with Crippen molar-refractivity contribution in [1.29, 1.82) is 0 Å². The molecule has 4 heteroatoms. The van der Waals surface area contributed by atoms with Gasteiger partial charge in [0, 0.05) is 5.69 Å². The second kappa shape index (κ2) is 6.40. The first-order chi connectivity index (χ1) is 8.43. The SMILES string of the molecule is CCOC(=O)CNNc1ccc(C(C)(C)C)cc1. The van der Waals surface area contributed by atoms with Gasteiger partial charge in [0.25, 0.3) is 0 Å². The monoisotopic (exact) mass is 250 g/mol. The Bertz CT molecular complexity index is 380. The van der Waals surface area contributed by atoms with Crippen LogP contribution in [-0.4, -0.2) is 19.1 Å². The Balaban J connectivity index is 2.42. The van der Waals surface area contributed by atoms with Gasteiger partial charge >= 0.3 is 5.97 Å². The van der Waals surface area contributed by atoms with Gasteiger partial charge in [0.05, 0.1) is 6.61 Å². The van der Waals surface area contributed by atoms with E-state index in [1.54, 1.807) is 6.92 Å². The summed E-state index contributed by atoms with van der Waals surface area (Å²) in [5, 5.41) is 0. The molecule has 0 radical (unpaired) electrons. The molecule has 1 aromatic carbocycles. The van der Waals surface area contributed by atoms with Crippen molar-refractivity contribution in [2.24, 2.45) is 0 Å². The standard InChI is InChI=1S/C14H22N2O2/c1-5-18-13(17)10-15-16-12-8-6-11(7-9-12)14(2,3)4/h6-9,15-16H,5,10H2,1-4H3. The fraction of sp³-hybridized carbons (Fsp3) is 0.500. The average molecular weight is 250 g/mol. The molecule has 2 N–H and O–H groups in total. The molecule has 0 fully saturated rings. The molecular formula is C14H22N2O2. The molecule has 0 saturated heterocycles. The van der Waals surface area contributed by atoms with Crippen LogP contribution in [0.15, 0.2) is 24.3 Å². The van der Waals surface area contributed by atoms with Crippen LogP contribution in [0, 0.1) is 0 Å². The molecule has 100 valence electrons. The fourth-order valence-corrected chi connectivity index (χ4v) is 1.48. The van der Waals surface area contributed by atoms with Crippen molar-refractivity contribution in [3.05, 3.63) is 29.8 Å². The lowest BCUT2D eigenvalue weighted by Gasteiger charge is -2.19. The van der Waals surface area contributed by atoms with E-state index in [0.717, 1.165) is 5.69 Å². The lowest BCUT2D eigenvalue weighted by atomic mass is 9.87. The summed E-state index contributed by atoms with van der Waals surface area (Å²) in [6.45, 7) is 8.86. The van der Waals surface area contributed by atoms with E-state index in [9.17, 15) is 4.79 Å². The van der Waals surface area contributed by atoms with Gasteiger partial charge in [0.1, 0.15) is 6.54 Å². The number of carbonyl (C=O) groups is 1. The van der Waals surface area contributed by atoms with E-state index in [1.165, 1.54) is 5.56 Å². The fourth-order valence-electron chi connectivity index (χ4n) is 1.48. The normalized spacial score (nSPS) is 11.1. The van der Waals surface area contributed by atoms with Crippen LogP contribution in [0.3, 0.4) is 0 Å². The first-order valence-corrected chi connectivity index (χ1v) is 6.18. The topological polar surface area (TPSA) is 50.4 Å². The minimum absolute atomic E-state index is 0.148. The van der Waals surface area contributed by atoms with Crippen LogP contribution in [0.5, 0.6) is 0 Å². The third-order valence-electron chi connectivity index (χ3n) is 2.52. The zero-order valence-corrected chi connectivity index (χ0v) is 11.5. The maximum atomic E-state index is 11.1. The lowest BCUT2D eigenvalue weighted by Crippen LogP contribution is -2.29. The number of hydrogen-bond acceptors (Lipinski definition) is 4. The Hall–Kier alpha value is -1.55. The summed E-state index contributed by atoms with van der Waals surface area (Å²) in [5.41, 5.74) is 8.13. The van der Waals surface area contributed by atoms with Gasteiger partial charge in [-0.25, -0.2) is 5.43 Å². The molecule has 0 aliphatic heterocycles. The number of ether oxygens (including phenoxy) is 1. The number of hydrogen-bond donors (Lipinski definition) is 2. The van der Waals surface area contributed by atoms with Gasteiger partial charge in [0.2, 0.25) is 0 Å². The third kappa shape index (κ3) is 4.75. The first-order valence-electron chi connectivity index (χ1n) is 6.18. The van der Waals surface area contributed by atoms with Gasteiger partial charge < -0.3 is 10.2 Å². The maximum Gasteiger partial charge on any atom is 0.321 e. The molecule has 0 aliphatic carbocycles. The van der Waals surface area contributed by atoms with Gasteiger partial charge in [-0.15, -0.1) is 0 Å². The molecule has 18 heavy (non-hydrogen) atoms. The van der Waals surface area contributed by atoms with Crippen molar-refractivity contribution >= 4 is 11.7 Å². The largest absolute Gasteiger partial charge is 0.465 e. The molecule has 1 aromatic rings. The molecule has 1 rings (SSSR count). The van der Waals surface area contributed by atoms with Crippen LogP contribution in [0.2, 0.25) is 0 Å². The highest BCUT2D eigenvalue weighted by Gasteiger charge is 2.12. The van der Waals surface area contributed by atoms with Gasteiger partial charge in [-0.05, 0) is 30.0 Å². The van der Waals surface area contributed by atoms with E-state index in [-0.39, 0.29) is 17.9 Å². The van der Waals surface area contributed by atoms with Crippen LogP contribution in [0.25, 0.3) is 0 Å². The number of nitrogens with one attached hydrogen (secondary N) is 2. The Morgan fingerprint density at radius 3 is 2.33 bits per heavy atom. The number of rotatable bonds is 5. The molecule has 0 unspecified atom stereocenters. The molecule has 0 aliphatic rings. The van der Waals surface area contributed by atoms with Crippen molar-refractivity contribution in [2.45, 2.75) is 33.1 Å². The highest BCUT2D eigenvalue weighted by Crippen LogP contribution is 2.23. The Morgan fingerprint density at radius 1 is 1.22 bits per heavy atom. The van der Waals surface area contributed by atoms with Gasteiger partial charge in [0.15, 0.2) is 0 Å². The highest BCUT2D eigenvalue weighted by molar-refractivity contribution is 5.71. The summed E-state index contributed by atoms with van der Waals surface area (Å²) in [4.78, 5) is 11.1. The molecule has 0 saturated carbocycles.